The topological polar surface area (TPSA) is 37.8 Å². The fraction of sp³-hybridized carbons (Fsp3) is 0.286. The zero-order valence-corrected chi connectivity index (χ0v) is 10.4. The van der Waals surface area contributed by atoms with Crippen molar-refractivity contribution in [2.75, 3.05) is 5.32 Å². The molecule has 0 aliphatic carbocycles. The predicted molar refractivity (Wildman–Crippen MR) is 70.0 cm³/mol. The van der Waals surface area contributed by atoms with Gasteiger partial charge in [0.2, 0.25) is 0 Å². The second-order valence-corrected chi connectivity index (χ2v) is 4.25. The number of benzene rings is 1. The molecule has 0 radical (unpaired) electrons. The number of hydrogen-bond acceptors (Lipinski definition) is 3. The molecule has 0 spiro atoms. The molecule has 17 heavy (non-hydrogen) atoms. The van der Waals surface area contributed by atoms with Gasteiger partial charge in [-0.1, -0.05) is 18.2 Å². The second kappa shape index (κ2) is 4.95. The molecule has 3 nitrogen and oxygen atoms in total. The van der Waals surface area contributed by atoms with Crippen LogP contribution in [0, 0.1) is 13.8 Å². The van der Waals surface area contributed by atoms with Crippen LogP contribution in [0.25, 0.3) is 0 Å². The summed E-state index contributed by atoms with van der Waals surface area (Å²) in [6.07, 6.45) is 5.10. The summed E-state index contributed by atoms with van der Waals surface area (Å²) >= 11 is 0. The van der Waals surface area contributed by atoms with Crippen LogP contribution in [-0.2, 0) is 0 Å². The lowest BCUT2D eigenvalue weighted by Crippen LogP contribution is -2.09. The molecule has 1 N–H and O–H groups in total. The van der Waals surface area contributed by atoms with Crippen LogP contribution in [-0.4, -0.2) is 9.97 Å². The molecular formula is C14H17N3. The van der Waals surface area contributed by atoms with Gasteiger partial charge in [0.25, 0.3) is 0 Å². The molecule has 3 heteroatoms. The minimum atomic E-state index is 0.228. The quantitative estimate of drug-likeness (QED) is 0.874. The molecule has 0 fully saturated rings. The van der Waals surface area contributed by atoms with Crippen LogP contribution in [0.1, 0.15) is 29.7 Å². The molecule has 0 bridgehead atoms. The van der Waals surface area contributed by atoms with Crippen molar-refractivity contribution >= 4 is 5.82 Å². The highest BCUT2D eigenvalue weighted by atomic mass is 15.0. The zero-order chi connectivity index (χ0) is 12.3. The van der Waals surface area contributed by atoms with Crippen molar-refractivity contribution in [2.24, 2.45) is 0 Å². The smallest absolute Gasteiger partial charge is 0.144 e. The Hall–Kier alpha value is -1.90. The minimum Gasteiger partial charge on any atom is -0.362 e. The number of nitrogens with zero attached hydrogens (tertiary/aromatic N) is 2. The predicted octanol–water partition coefficient (Wildman–Crippen LogP) is 3.27. The number of aryl methyl sites for hydroxylation is 1. The van der Waals surface area contributed by atoms with Crippen molar-refractivity contribution in [1.82, 2.24) is 9.97 Å². The molecule has 0 amide bonds. The standard InChI is InChI=1S/C14H17N3/c1-10-5-4-6-13(11(10)2)12(3)17-14-9-15-7-8-16-14/h4-9,12H,1-3H3,(H,16,17). The molecule has 1 heterocycles. The molecule has 1 atom stereocenters. The molecule has 0 aliphatic rings. The first kappa shape index (κ1) is 11.6. The summed E-state index contributed by atoms with van der Waals surface area (Å²) in [7, 11) is 0. The summed E-state index contributed by atoms with van der Waals surface area (Å²) in [4.78, 5) is 8.27. The van der Waals surface area contributed by atoms with Gasteiger partial charge in [-0.25, -0.2) is 4.98 Å². The van der Waals surface area contributed by atoms with E-state index in [4.69, 9.17) is 0 Å². The van der Waals surface area contributed by atoms with E-state index in [1.54, 1.807) is 18.6 Å². The van der Waals surface area contributed by atoms with E-state index < -0.39 is 0 Å². The lowest BCUT2D eigenvalue weighted by Gasteiger charge is -2.18. The fourth-order valence-corrected chi connectivity index (χ4v) is 1.92. The van der Waals surface area contributed by atoms with E-state index in [0.717, 1.165) is 5.82 Å². The summed E-state index contributed by atoms with van der Waals surface area (Å²) in [5.41, 5.74) is 3.95. The van der Waals surface area contributed by atoms with Crippen molar-refractivity contribution in [1.29, 1.82) is 0 Å². The Balaban J connectivity index is 2.20. The Morgan fingerprint density at radius 1 is 1.18 bits per heavy atom. The Kier molecular flexibility index (Phi) is 3.38. The largest absolute Gasteiger partial charge is 0.362 e. The Morgan fingerprint density at radius 2 is 2.00 bits per heavy atom. The molecule has 0 saturated carbocycles. The van der Waals surface area contributed by atoms with Gasteiger partial charge >= 0.3 is 0 Å². The average Bonchev–Trinajstić information content (AvgIpc) is 2.34. The monoisotopic (exact) mass is 227 g/mol. The van der Waals surface area contributed by atoms with E-state index >= 15 is 0 Å². The Bertz CT molecular complexity index is 494. The highest BCUT2D eigenvalue weighted by Crippen LogP contribution is 2.22. The van der Waals surface area contributed by atoms with Gasteiger partial charge in [-0.15, -0.1) is 0 Å². The van der Waals surface area contributed by atoms with Gasteiger partial charge in [0, 0.05) is 12.4 Å². The molecule has 88 valence electrons. The van der Waals surface area contributed by atoms with Crippen LogP contribution in [0.15, 0.2) is 36.8 Å². The molecule has 1 aromatic heterocycles. The van der Waals surface area contributed by atoms with Crippen LogP contribution >= 0.6 is 0 Å². The average molecular weight is 227 g/mol. The molecule has 0 aliphatic heterocycles. The number of hydrogen-bond donors (Lipinski definition) is 1. The highest BCUT2D eigenvalue weighted by molar-refractivity contribution is 5.40. The van der Waals surface area contributed by atoms with E-state index in [1.807, 2.05) is 0 Å². The van der Waals surface area contributed by atoms with E-state index in [1.165, 1.54) is 16.7 Å². The van der Waals surface area contributed by atoms with Gasteiger partial charge in [-0.05, 0) is 37.5 Å². The van der Waals surface area contributed by atoms with Crippen LogP contribution in [0.3, 0.4) is 0 Å². The summed E-state index contributed by atoms with van der Waals surface area (Å²) in [5.74, 6) is 0.806. The SMILES string of the molecule is Cc1cccc(C(C)Nc2cnccn2)c1C. The van der Waals surface area contributed by atoms with Gasteiger partial charge in [-0.2, -0.15) is 0 Å². The number of anilines is 1. The third kappa shape index (κ3) is 2.61. The van der Waals surface area contributed by atoms with Crippen molar-refractivity contribution < 1.29 is 0 Å². The maximum atomic E-state index is 4.22. The molecular weight excluding hydrogens is 210 g/mol. The van der Waals surface area contributed by atoms with E-state index in [0.29, 0.717) is 0 Å². The number of rotatable bonds is 3. The van der Waals surface area contributed by atoms with Crippen LogP contribution in [0.2, 0.25) is 0 Å². The maximum absolute atomic E-state index is 4.22. The summed E-state index contributed by atoms with van der Waals surface area (Å²) in [6.45, 7) is 6.42. The lowest BCUT2D eigenvalue weighted by atomic mass is 9.98. The van der Waals surface area contributed by atoms with Crippen molar-refractivity contribution in [3.8, 4) is 0 Å². The lowest BCUT2D eigenvalue weighted by molar-refractivity contribution is 0.859. The first-order valence-electron chi connectivity index (χ1n) is 5.77. The molecule has 0 saturated heterocycles. The van der Waals surface area contributed by atoms with Crippen LogP contribution < -0.4 is 5.32 Å². The molecule has 1 aromatic carbocycles. The molecule has 2 aromatic rings. The number of aromatic nitrogens is 2. The fourth-order valence-electron chi connectivity index (χ4n) is 1.92. The van der Waals surface area contributed by atoms with Crippen LogP contribution in [0.4, 0.5) is 5.82 Å². The van der Waals surface area contributed by atoms with Gasteiger partial charge in [0.05, 0.1) is 12.2 Å². The van der Waals surface area contributed by atoms with Gasteiger partial charge in [0.15, 0.2) is 0 Å². The summed E-state index contributed by atoms with van der Waals surface area (Å²) in [5, 5.41) is 3.35. The third-order valence-corrected chi connectivity index (χ3v) is 3.04. The van der Waals surface area contributed by atoms with E-state index in [-0.39, 0.29) is 6.04 Å². The second-order valence-electron chi connectivity index (χ2n) is 4.25. The molecule has 1 unspecified atom stereocenters. The summed E-state index contributed by atoms with van der Waals surface area (Å²) < 4.78 is 0. The first-order valence-corrected chi connectivity index (χ1v) is 5.77. The zero-order valence-electron chi connectivity index (χ0n) is 10.4. The Labute approximate surface area is 102 Å². The Morgan fingerprint density at radius 3 is 2.71 bits per heavy atom. The van der Waals surface area contributed by atoms with E-state index in [9.17, 15) is 0 Å². The third-order valence-electron chi connectivity index (χ3n) is 3.04. The van der Waals surface area contributed by atoms with Gasteiger partial charge < -0.3 is 5.32 Å². The first-order chi connectivity index (χ1) is 8.18. The van der Waals surface area contributed by atoms with E-state index in [2.05, 4.69) is 54.3 Å². The van der Waals surface area contributed by atoms with Gasteiger partial charge in [-0.3, -0.25) is 4.98 Å². The normalized spacial score (nSPS) is 12.2. The maximum Gasteiger partial charge on any atom is 0.144 e. The molecule has 2 rings (SSSR count). The van der Waals surface area contributed by atoms with Crippen molar-refractivity contribution in [3.05, 3.63) is 53.5 Å². The number of nitrogens with one attached hydrogen (secondary N) is 1. The summed E-state index contributed by atoms with van der Waals surface area (Å²) in [6, 6.07) is 6.60. The van der Waals surface area contributed by atoms with Crippen molar-refractivity contribution in [2.45, 2.75) is 26.8 Å². The highest BCUT2D eigenvalue weighted by Gasteiger charge is 2.09. The minimum absolute atomic E-state index is 0.228. The van der Waals surface area contributed by atoms with Crippen LogP contribution in [0.5, 0.6) is 0 Å². The van der Waals surface area contributed by atoms with Crippen molar-refractivity contribution in [3.63, 3.8) is 0 Å². The van der Waals surface area contributed by atoms with Gasteiger partial charge in [0.1, 0.15) is 5.82 Å².